The largest absolute Gasteiger partial charge is 0.489 e. The first-order valence-corrected chi connectivity index (χ1v) is 11.9. The van der Waals surface area contributed by atoms with Gasteiger partial charge in [0.05, 0.1) is 12.7 Å². The lowest BCUT2D eigenvalue weighted by molar-refractivity contribution is 0.0580. The molecule has 0 spiro atoms. The smallest absolute Gasteiger partial charge is 0.340 e. The molecule has 0 amide bonds. The van der Waals surface area contributed by atoms with Gasteiger partial charge >= 0.3 is 5.97 Å². The SMILES string of the molecule is CC[C@@H](c1cc(Cl)cc(Cl)c1)N1CCC[C@@H](Oc2cc(F)c(C(=O)OC)cc2C2CC2)C1. The number of likely N-dealkylation sites (tertiary alicyclic amines) is 1. The van der Waals surface area contributed by atoms with Crippen LogP contribution in [0.25, 0.3) is 0 Å². The fourth-order valence-corrected chi connectivity index (χ4v) is 5.19. The van der Waals surface area contributed by atoms with Crippen LogP contribution >= 0.6 is 23.2 Å². The van der Waals surface area contributed by atoms with Crippen molar-refractivity contribution in [2.45, 2.75) is 57.1 Å². The minimum absolute atomic E-state index is 0.0316. The molecule has 2 atom stereocenters. The van der Waals surface area contributed by atoms with Gasteiger partial charge in [0.15, 0.2) is 0 Å². The van der Waals surface area contributed by atoms with Gasteiger partial charge in [0.25, 0.3) is 0 Å². The molecule has 4 rings (SSSR count). The first-order valence-electron chi connectivity index (χ1n) is 11.2. The highest BCUT2D eigenvalue weighted by atomic mass is 35.5. The summed E-state index contributed by atoms with van der Waals surface area (Å²) in [7, 11) is 1.26. The summed E-state index contributed by atoms with van der Waals surface area (Å²) in [6.45, 7) is 3.83. The van der Waals surface area contributed by atoms with Gasteiger partial charge in [0.1, 0.15) is 17.7 Å². The van der Waals surface area contributed by atoms with Crippen LogP contribution in [0.1, 0.15) is 72.5 Å². The molecule has 1 heterocycles. The zero-order valence-electron chi connectivity index (χ0n) is 18.4. The Labute approximate surface area is 198 Å². The van der Waals surface area contributed by atoms with E-state index >= 15 is 0 Å². The molecule has 2 aliphatic rings. The van der Waals surface area contributed by atoms with Gasteiger partial charge in [-0.1, -0.05) is 30.1 Å². The first kappa shape index (κ1) is 23.3. The van der Waals surface area contributed by atoms with Crippen LogP contribution < -0.4 is 4.74 Å². The number of esters is 1. The summed E-state index contributed by atoms with van der Waals surface area (Å²) in [4.78, 5) is 14.3. The molecule has 1 aliphatic carbocycles. The van der Waals surface area contributed by atoms with Crippen LogP contribution in [0.15, 0.2) is 30.3 Å². The Balaban J connectivity index is 1.54. The van der Waals surface area contributed by atoms with E-state index in [-0.39, 0.29) is 17.7 Å². The van der Waals surface area contributed by atoms with Crippen LogP contribution in [0, 0.1) is 5.82 Å². The van der Waals surface area contributed by atoms with E-state index in [0.29, 0.717) is 21.7 Å². The molecule has 2 aromatic rings. The number of carbonyl (C=O) groups excluding carboxylic acids is 1. The van der Waals surface area contributed by atoms with Crippen molar-refractivity contribution in [2.75, 3.05) is 20.2 Å². The molecule has 0 aromatic heterocycles. The Kier molecular flexibility index (Phi) is 7.28. The Hall–Kier alpha value is -1.82. The molecule has 32 heavy (non-hydrogen) atoms. The lowest BCUT2D eigenvalue weighted by Crippen LogP contribution is -2.43. The Morgan fingerprint density at radius 3 is 2.50 bits per heavy atom. The van der Waals surface area contributed by atoms with E-state index in [9.17, 15) is 9.18 Å². The zero-order valence-corrected chi connectivity index (χ0v) is 19.9. The number of carbonyl (C=O) groups is 1. The molecule has 1 saturated heterocycles. The van der Waals surface area contributed by atoms with Gasteiger partial charge in [0, 0.05) is 28.7 Å². The third-order valence-electron chi connectivity index (χ3n) is 6.32. The Morgan fingerprint density at radius 2 is 1.88 bits per heavy atom. The summed E-state index contributed by atoms with van der Waals surface area (Å²) in [5.41, 5.74) is 1.96. The number of methoxy groups -OCH3 is 1. The number of benzene rings is 2. The predicted molar refractivity (Wildman–Crippen MR) is 124 cm³/mol. The van der Waals surface area contributed by atoms with Gasteiger partial charge in [-0.05, 0) is 80.0 Å². The van der Waals surface area contributed by atoms with E-state index in [1.165, 1.54) is 13.2 Å². The molecule has 172 valence electrons. The van der Waals surface area contributed by atoms with Crippen molar-refractivity contribution in [3.63, 3.8) is 0 Å². The summed E-state index contributed by atoms with van der Waals surface area (Å²) in [6.07, 6.45) is 4.78. The molecule has 7 heteroatoms. The topological polar surface area (TPSA) is 38.8 Å². The molecule has 1 aliphatic heterocycles. The van der Waals surface area contributed by atoms with Gasteiger partial charge < -0.3 is 9.47 Å². The van der Waals surface area contributed by atoms with E-state index in [0.717, 1.165) is 56.3 Å². The van der Waals surface area contributed by atoms with Crippen molar-refractivity contribution in [1.29, 1.82) is 0 Å². The predicted octanol–water partition coefficient (Wildman–Crippen LogP) is 6.79. The standard InChI is InChI=1S/C25H28Cl2FNO3/c1-3-23(16-9-17(26)11-18(27)10-16)29-8-4-5-19(14-29)32-24-13-22(28)21(25(30)31-2)12-20(24)15-6-7-15/h9-13,15,19,23H,3-8,14H2,1-2H3/t19-,23+/m1/s1. The maximum Gasteiger partial charge on any atom is 0.340 e. The maximum absolute atomic E-state index is 14.6. The van der Waals surface area contributed by atoms with E-state index in [4.69, 9.17) is 32.7 Å². The van der Waals surface area contributed by atoms with Crippen LogP contribution in [0.4, 0.5) is 4.39 Å². The van der Waals surface area contributed by atoms with Gasteiger partial charge in [-0.15, -0.1) is 0 Å². The minimum atomic E-state index is -0.661. The molecule has 2 aromatic carbocycles. The van der Waals surface area contributed by atoms with Gasteiger partial charge in [-0.3, -0.25) is 4.90 Å². The second kappa shape index (κ2) is 9.98. The van der Waals surface area contributed by atoms with Crippen LogP contribution in [0.2, 0.25) is 10.0 Å². The summed E-state index contributed by atoms with van der Waals surface area (Å²) in [5, 5.41) is 1.26. The average molecular weight is 480 g/mol. The normalized spacial score (nSPS) is 20.1. The maximum atomic E-state index is 14.6. The van der Waals surface area contributed by atoms with Crippen molar-refractivity contribution in [1.82, 2.24) is 4.90 Å². The van der Waals surface area contributed by atoms with E-state index in [1.807, 2.05) is 12.1 Å². The van der Waals surface area contributed by atoms with Crippen LogP contribution in [-0.2, 0) is 4.74 Å². The highest BCUT2D eigenvalue weighted by Gasteiger charge is 2.32. The monoisotopic (exact) mass is 479 g/mol. The second-order valence-electron chi connectivity index (χ2n) is 8.64. The number of hydrogen-bond donors (Lipinski definition) is 0. The fraction of sp³-hybridized carbons (Fsp3) is 0.480. The number of ether oxygens (including phenoxy) is 2. The summed E-state index contributed by atoms with van der Waals surface area (Å²) < 4.78 is 25.7. The molecule has 1 saturated carbocycles. The van der Waals surface area contributed by atoms with Crippen LogP contribution in [-0.4, -0.2) is 37.2 Å². The molecular weight excluding hydrogens is 452 g/mol. The zero-order chi connectivity index (χ0) is 22.8. The van der Waals surface area contributed by atoms with Crippen LogP contribution in [0.3, 0.4) is 0 Å². The van der Waals surface area contributed by atoms with Gasteiger partial charge in [0.2, 0.25) is 0 Å². The summed E-state index contributed by atoms with van der Waals surface area (Å²) in [5.74, 6) is -0.413. The molecule has 0 radical (unpaired) electrons. The average Bonchev–Trinajstić information content (AvgIpc) is 3.59. The lowest BCUT2D eigenvalue weighted by atomic mass is 9.98. The number of hydrogen-bond acceptors (Lipinski definition) is 4. The molecule has 2 fully saturated rings. The highest BCUT2D eigenvalue weighted by molar-refractivity contribution is 6.34. The number of halogens is 3. The van der Waals surface area contributed by atoms with Crippen molar-refractivity contribution in [2.24, 2.45) is 0 Å². The number of piperidine rings is 1. The number of rotatable bonds is 7. The summed E-state index contributed by atoms with van der Waals surface area (Å²) in [6, 6.07) is 8.83. The van der Waals surface area contributed by atoms with E-state index in [1.54, 1.807) is 12.1 Å². The van der Waals surface area contributed by atoms with E-state index < -0.39 is 11.8 Å². The van der Waals surface area contributed by atoms with Crippen molar-refractivity contribution in [3.05, 3.63) is 62.9 Å². The van der Waals surface area contributed by atoms with Gasteiger partial charge in [-0.2, -0.15) is 0 Å². The summed E-state index contributed by atoms with van der Waals surface area (Å²) >= 11 is 12.5. The van der Waals surface area contributed by atoms with Gasteiger partial charge in [-0.25, -0.2) is 9.18 Å². The third-order valence-corrected chi connectivity index (χ3v) is 6.76. The van der Waals surface area contributed by atoms with Crippen molar-refractivity contribution < 1.29 is 18.7 Å². The molecular formula is C25H28Cl2FNO3. The number of nitrogens with zero attached hydrogens (tertiary/aromatic N) is 1. The molecule has 0 N–H and O–H groups in total. The highest BCUT2D eigenvalue weighted by Crippen LogP contribution is 2.45. The Morgan fingerprint density at radius 1 is 1.16 bits per heavy atom. The fourth-order valence-electron chi connectivity index (χ4n) is 4.65. The second-order valence-corrected chi connectivity index (χ2v) is 9.51. The lowest BCUT2D eigenvalue weighted by Gasteiger charge is -2.38. The molecule has 0 bridgehead atoms. The van der Waals surface area contributed by atoms with Crippen molar-refractivity contribution in [3.8, 4) is 5.75 Å². The quantitative estimate of drug-likeness (QED) is 0.409. The van der Waals surface area contributed by atoms with Crippen molar-refractivity contribution >= 4 is 29.2 Å². The van der Waals surface area contributed by atoms with E-state index in [2.05, 4.69) is 11.8 Å². The Bertz CT molecular complexity index is 975. The third kappa shape index (κ3) is 5.22. The van der Waals surface area contributed by atoms with Crippen LogP contribution in [0.5, 0.6) is 5.75 Å². The molecule has 4 nitrogen and oxygen atoms in total. The molecule has 0 unspecified atom stereocenters. The minimum Gasteiger partial charge on any atom is -0.489 e. The first-order chi connectivity index (χ1) is 15.4.